The number of hydrogen-bond acceptors (Lipinski definition) is 3. The third-order valence-electron chi connectivity index (χ3n) is 5.35. The first-order valence-electron chi connectivity index (χ1n) is 10.4. The Morgan fingerprint density at radius 3 is 1.94 bits per heavy atom. The highest BCUT2D eigenvalue weighted by Crippen LogP contribution is 2.45. The molecule has 0 spiro atoms. The summed E-state index contributed by atoms with van der Waals surface area (Å²) in [4.78, 5) is 0. The second-order valence-electron chi connectivity index (χ2n) is 7.35. The molecule has 0 amide bonds. The Balaban J connectivity index is 1.75. The molecule has 0 aliphatic carbocycles. The first kappa shape index (κ1) is 21.7. The Bertz CT molecular complexity index is 1190. The van der Waals surface area contributed by atoms with Crippen LogP contribution in [0.4, 0.5) is 0 Å². The van der Waals surface area contributed by atoms with Gasteiger partial charge < -0.3 is 14.0 Å². The van der Waals surface area contributed by atoms with Gasteiger partial charge >= 0.3 is 0 Å². The van der Waals surface area contributed by atoms with Gasteiger partial charge in [0.1, 0.15) is 18.1 Å². The lowest BCUT2D eigenvalue weighted by Crippen LogP contribution is -2.26. The van der Waals surface area contributed by atoms with Crippen molar-refractivity contribution in [3.63, 3.8) is 0 Å². The fourth-order valence-corrected chi connectivity index (χ4v) is 6.45. The van der Waals surface area contributed by atoms with Gasteiger partial charge in [0.05, 0.1) is 12.4 Å². The van der Waals surface area contributed by atoms with Gasteiger partial charge in [-0.25, -0.2) is 0 Å². The largest absolute Gasteiger partial charge is 0.496 e. The lowest BCUT2D eigenvalue weighted by Gasteiger charge is -2.22. The van der Waals surface area contributed by atoms with Crippen LogP contribution in [0.3, 0.4) is 0 Å². The predicted molar refractivity (Wildman–Crippen MR) is 133 cm³/mol. The van der Waals surface area contributed by atoms with E-state index in [1.165, 1.54) is 0 Å². The fraction of sp³-hybridized carbons (Fsp3) is 0.0714. The summed E-state index contributed by atoms with van der Waals surface area (Å²) in [5, 5.41) is 2.13. The molecule has 0 unspecified atom stereocenters. The molecule has 0 N–H and O–H groups in total. The molecule has 0 saturated carbocycles. The van der Waals surface area contributed by atoms with Crippen LogP contribution >= 0.6 is 7.14 Å². The molecule has 4 aromatic carbocycles. The second-order valence-corrected chi connectivity index (χ2v) is 10.1. The van der Waals surface area contributed by atoms with Crippen molar-refractivity contribution in [1.29, 1.82) is 0 Å². The number of hydrogen-bond donors (Lipinski definition) is 0. The van der Waals surface area contributed by atoms with Crippen molar-refractivity contribution in [3.8, 4) is 11.5 Å². The molecule has 4 rings (SSSR count). The summed E-state index contributed by atoms with van der Waals surface area (Å²) < 4.78 is 26.5. The maximum Gasteiger partial charge on any atom is 0.174 e. The van der Waals surface area contributed by atoms with Gasteiger partial charge in [0.15, 0.2) is 7.14 Å². The fourth-order valence-electron chi connectivity index (χ4n) is 3.63. The van der Waals surface area contributed by atoms with E-state index in [0.717, 1.165) is 21.7 Å². The molecular formula is C28H25O3P. The Hall–Kier alpha value is -3.55. The van der Waals surface area contributed by atoms with Crippen molar-refractivity contribution < 1.29 is 14.0 Å². The molecule has 0 bridgehead atoms. The molecule has 0 aliphatic rings. The highest BCUT2D eigenvalue weighted by molar-refractivity contribution is 7.85. The highest BCUT2D eigenvalue weighted by Gasteiger charge is 2.33. The van der Waals surface area contributed by atoms with Crippen LogP contribution in [0.25, 0.3) is 6.08 Å². The predicted octanol–water partition coefficient (Wildman–Crippen LogP) is 5.56. The molecule has 0 aromatic heterocycles. The van der Waals surface area contributed by atoms with Gasteiger partial charge in [0.2, 0.25) is 0 Å². The van der Waals surface area contributed by atoms with E-state index in [2.05, 4.69) is 6.58 Å². The molecule has 0 atom stereocenters. The number of benzene rings is 4. The van der Waals surface area contributed by atoms with E-state index in [-0.39, 0.29) is 0 Å². The minimum Gasteiger partial charge on any atom is -0.496 e. The van der Waals surface area contributed by atoms with Crippen molar-refractivity contribution >= 4 is 29.1 Å². The van der Waals surface area contributed by atoms with Crippen LogP contribution in [-0.2, 0) is 11.2 Å². The van der Waals surface area contributed by atoms with Crippen LogP contribution in [0, 0.1) is 0 Å². The normalized spacial score (nSPS) is 11.0. The molecule has 0 aliphatic heterocycles. The number of ether oxygens (including phenoxy) is 2. The number of rotatable bonds is 8. The van der Waals surface area contributed by atoms with Gasteiger partial charge in [0, 0.05) is 10.6 Å². The third-order valence-corrected chi connectivity index (χ3v) is 8.43. The monoisotopic (exact) mass is 440 g/mol. The quantitative estimate of drug-likeness (QED) is 0.337. The van der Waals surface area contributed by atoms with Crippen LogP contribution in [0.2, 0.25) is 0 Å². The van der Waals surface area contributed by atoms with E-state index in [1.54, 1.807) is 7.11 Å². The summed E-state index contributed by atoms with van der Waals surface area (Å²) in [5.74, 6) is 1.21. The van der Waals surface area contributed by atoms with E-state index in [0.29, 0.717) is 23.4 Å². The van der Waals surface area contributed by atoms with Gasteiger partial charge in [-0.1, -0.05) is 97.6 Å². The summed E-state index contributed by atoms with van der Waals surface area (Å²) in [6.07, 6.45) is 1.81. The minimum absolute atomic E-state index is 0.407. The van der Waals surface area contributed by atoms with E-state index in [9.17, 15) is 4.57 Å². The first-order chi connectivity index (χ1) is 15.6. The molecule has 3 nitrogen and oxygen atoms in total. The van der Waals surface area contributed by atoms with E-state index < -0.39 is 7.14 Å². The van der Waals surface area contributed by atoms with Crippen molar-refractivity contribution in [2.75, 3.05) is 7.11 Å². The van der Waals surface area contributed by atoms with E-state index in [4.69, 9.17) is 9.47 Å². The van der Waals surface area contributed by atoms with Gasteiger partial charge in [-0.3, -0.25) is 0 Å². The van der Waals surface area contributed by atoms with E-state index in [1.807, 2.05) is 109 Å². The van der Waals surface area contributed by atoms with Gasteiger partial charge in [-0.2, -0.15) is 0 Å². The van der Waals surface area contributed by atoms with Crippen molar-refractivity contribution in [1.82, 2.24) is 0 Å². The van der Waals surface area contributed by atoms with Crippen LogP contribution in [0.1, 0.15) is 11.1 Å². The zero-order valence-corrected chi connectivity index (χ0v) is 18.9. The molecule has 32 heavy (non-hydrogen) atoms. The second kappa shape index (κ2) is 9.72. The Morgan fingerprint density at radius 1 is 0.812 bits per heavy atom. The van der Waals surface area contributed by atoms with Gasteiger partial charge in [0.25, 0.3) is 0 Å². The Labute approximate surface area is 189 Å². The average Bonchev–Trinajstić information content (AvgIpc) is 2.88. The van der Waals surface area contributed by atoms with Gasteiger partial charge in [-0.05, 0) is 29.3 Å². The van der Waals surface area contributed by atoms with Gasteiger partial charge in [-0.15, -0.1) is 0 Å². The zero-order chi connectivity index (χ0) is 22.4. The van der Waals surface area contributed by atoms with Crippen molar-refractivity contribution in [2.45, 2.75) is 6.61 Å². The van der Waals surface area contributed by atoms with Crippen molar-refractivity contribution in [3.05, 3.63) is 121 Å². The minimum atomic E-state index is -3.18. The Kier molecular flexibility index (Phi) is 6.58. The third kappa shape index (κ3) is 4.39. The molecule has 4 heteroatoms. The summed E-state index contributed by atoms with van der Waals surface area (Å²) >= 11 is 0. The van der Waals surface area contributed by atoms with Crippen LogP contribution in [0.5, 0.6) is 11.5 Å². The molecule has 160 valence electrons. The summed E-state index contributed by atoms with van der Waals surface area (Å²) in [6, 6.07) is 32.6. The molecule has 4 aromatic rings. The van der Waals surface area contributed by atoms with Crippen molar-refractivity contribution in [2.24, 2.45) is 0 Å². The van der Waals surface area contributed by atoms with Crippen LogP contribution in [-0.4, -0.2) is 7.11 Å². The molecular weight excluding hydrogens is 415 g/mol. The lowest BCUT2D eigenvalue weighted by molar-refractivity contribution is 0.306. The van der Waals surface area contributed by atoms with Crippen LogP contribution < -0.4 is 25.4 Å². The molecule has 0 heterocycles. The summed E-state index contributed by atoms with van der Waals surface area (Å²) in [7, 11) is -1.58. The topological polar surface area (TPSA) is 35.5 Å². The standard InChI is InChI=1S/C28H25O3P/c1-3-22-14-16-23(17-15-22)21-31-24-18-19-27(30-2)28(20-24)32(29,25-10-6-4-7-11-25)26-12-8-5-9-13-26/h3-20H,1,21H2,2H3. The smallest absolute Gasteiger partial charge is 0.174 e. The number of methoxy groups -OCH3 is 1. The lowest BCUT2D eigenvalue weighted by atomic mass is 10.1. The maximum absolute atomic E-state index is 14.7. The van der Waals surface area contributed by atoms with E-state index >= 15 is 0 Å². The molecule has 0 fully saturated rings. The average molecular weight is 440 g/mol. The molecule has 0 radical (unpaired) electrons. The molecule has 0 saturated heterocycles. The maximum atomic E-state index is 14.7. The SMILES string of the molecule is C=Cc1ccc(COc2ccc(OC)c(P(=O)(c3ccccc3)c3ccccc3)c2)cc1. The Morgan fingerprint density at radius 2 is 1.41 bits per heavy atom. The summed E-state index contributed by atoms with van der Waals surface area (Å²) in [6.45, 7) is 4.19. The highest BCUT2D eigenvalue weighted by atomic mass is 31.2. The first-order valence-corrected chi connectivity index (χ1v) is 12.1. The zero-order valence-electron chi connectivity index (χ0n) is 18.0. The summed E-state index contributed by atoms with van der Waals surface area (Å²) in [5.41, 5.74) is 2.11. The van der Waals surface area contributed by atoms with Crippen LogP contribution in [0.15, 0.2) is 110 Å².